The summed E-state index contributed by atoms with van der Waals surface area (Å²) in [5.41, 5.74) is -0.708. The van der Waals surface area contributed by atoms with Gasteiger partial charge in [0, 0.05) is 5.56 Å². The Bertz CT molecular complexity index is 401. The molecule has 1 rings (SSSR count). The van der Waals surface area contributed by atoms with E-state index >= 15 is 0 Å². The van der Waals surface area contributed by atoms with E-state index in [9.17, 15) is 13.2 Å². The van der Waals surface area contributed by atoms with Crippen LogP contribution in [0, 0.1) is 17.3 Å². The molecular weight excluding hydrogens is 229 g/mol. The van der Waals surface area contributed by atoms with Gasteiger partial charge in [-0.05, 0) is 11.6 Å². The summed E-state index contributed by atoms with van der Waals surface area (Å²) >= 11 is 5.37. The maximum absolute atomic E-state index is 12.9. The SMILES string of the molecule is N#CCc1cc(F)nc(CCl)c1C(F)F. The van der Waals surface area contributed by atoms with Crippen LogP contribution in [0.1, 0.15) is 23.2 Å². The number of alkyl halides is 3. The Labute approximate surface area is 89.3 Å². The third-order valence-electron chi connectivity index (χ3n) is 1.81. The zero-order chi connectivity index (χ0) is 11.4. The van der Waals surface area contributed by atoms with Crippen molar-refractivity contribution >= 4 is 11.6 Å². The van der Waals surface area contributed by atoms with Crippen LogP contribution in [0.3, 0.4) is 0 Å². The van der Waals surface area contributed by atoms with Crippen LogP contribution in [0.4, 0.5) is 13.2 Å². The van der Waals surface area contributed by atoms with Crippen LogP contribution in [0.15, 0.2) is 6.07 Å². The van der Waals surface area contributed by atoms with Gasteiger partial charge in [0.25, 0.3) is 6.43 Å². The van der Waals surface area contributed by atoms with Crippen molar-refractivity contribution in [1.29, 1.82) is 5.26 Å². The molecule has 0 radical (unpaired) electrons. The van der Waals surface area contributed by atoms with Gasteiger partial charge < -0.3 is 0 Å². The van der Waals surface area contributed by atoms with Crippen LogP contribution in [0.5, 0.6) is 0 Å². The van der Waals surface area contributed by atoms with Gasteiger partial charge in [0.1, 0.15) is 0 Å². The van der Waals surface area contributed by atoms with Gasteiger partial charge in [0.05, 0.1) is 24.1 Å². The molecule has 0 bridgehead atoms. The Morgan fingerprint density at radius 2 is 2.20 bits per heavy atom. The quantitative estimate of drug-likeness (QED) is 0.596. The van der Waals surface area contributed by atoms with E-state index in [1.807, 2.05) is 0 Å². The largest absolute Gasteiger partial charge is 0.265 e. The highest BCUT2D eigenvalue weighted by atomic mass is 35.5. The van der Waals surface area contributed by atoms with Gasteiger partial charge in [-0.25, -0.2) is 13.8 Å². The lowest BCUT2D eigenvalue weighted by molar-refractivity contribution is 0.148. The highest BCUT2D eigenvalue weighted by molar-refractivity contribution is 6.17. The number of nitriles is 1. The van der Waals surface area contributed by atoms with Crippen molar-refractivity contribution in [2.24, 2.45) is 0 Å². The zero-order valence-electron chi connectivity index (χ0n) is 7.48. The van der Waals surface area contributed by atoms with Crippen molar-refractivity contribution in [3.63, 3.8) is 0 Å². The second-order valence-electron chi connectivity index (χ2n) is 2.73. The van der Waals surface area contributed by atoms with Crippen molar-refractivity contribution in [3.8, 4) is 6.07 Å². The number of aromatic nitrogens is 1. The van der Waals surface area contributed by atoms with E-state index in [1.54, 1.807) is 6.07 Å². The Kier molecular flexibility index (Phi) is 3.92. The first-order valence-corrected chi connectivity index (χ1v) is 4.52. The molecule has 1 aromatic rings. The molecule has 6 heteroatoms. The molecule has 0 atom stereocenters. The minimum absolute atomic E-state index is 0.0596. The lowest BCUT2D eigenvalue weighted by Crippen LogP contribution is -2.04. The maximum atomic E-state index is 12.9. The predicted octanol–water partition coefficient (Wildman–Crippen LogP) is 2.96. The van der Waals surface area contributed by atoms with Crippen LogP contribution >= 0.6 is 11.6 Å². The molecule has 2 nitrogen and oxygen atoms in total. The molecule has 0 aliphatic heterocycles. The normalized spacial score (nSPS) is 10.4. The summed E-state index contributed by atoms with van der Waals surface area (Å²) in [6.45, 7) is 0. The van der Waals surface area contributed by atoms with E-state index in [-0.39, 0.29) is 23.6 Å². The number of pyridine rings is 1. The number of rotatable bonds is 3. The van der Waals surface area contributed by atoms with Gasteiger partial charge in [-0.1, -0.05) is 0 Å². The molecule has 0 unspecified atom stereocenters. The third-order valence-corrected chi connectivity index (χ3v) is 2.06. The Balaban J connectivity index is 3.34. The monoisotopic (exact) mass is 234 g/mol. The summed E-state index contributed by atoms with van der Waals surface area (Å²) in [7, 11) is 0. The highest BCUT2D eigenvalue weighted by Crippen LogP contribution is 2.27. The van der Waals surface area contributed by atoms with E-state index in [0.717, 1.165) is 6.07 Å². The lowest BCUT2D eigenvalue weighted by Gasteiger charge is -2.09. The first-order valence-electron chi connectivity index (χ1n) is 3.99. The predicted molar refractivity (Wildman–Crippen MR) is 48.0 cm³/mol. The Morgan fingerprint density at radius 1 is 1.53 bits per heavy atom. The van der Waals surface area contributed by atoms with Crippen molar-refractivity contribution in [2.45, 2.75) is 18.7 Å². The van der Waals surface area contributed by atoms with Gasteiger partial charge in [-0.2, -0.15) is 9.65 Å². The molecule has 80 valence electrons. The van der Waals surface area contributed by atoms with Crippen LogP contribution in [0.2, 0.25) is 0 Å². The van der Waals surface area contributed by atoms with Gasteiger partial charge in [-0.15, -0.1) is 11.6 Å². The average Bonchev–Trinajstić information content (AvgIpc) is 2.16. The smallest absolute Gasteiger partial charge is 0.223 e. The first-order chi connectivity index (χ1) is 7.10. The number of nitrogens with zero attached hydrogens (tertiary/aromatic N) is 2. The fourth-order valence-electron chi connectivity index (χ4n) is 1.23. The van der Waals surface area contributed by atoms with E-state index in [2.05, 4.69) is 4.98 Å². The maximum Gasteiger partial charge on any atom is 0.265 e. The average molecular weight is 235 g/mol. The third kappa shape index (κ3) is 2.60. The number of hydrogen-bond acceptors (Lipinski definition) is 2. The minimum Gasteiger partial charge on any atom is -0.223 e. The summed E-state index contributed by atoms with van der Waals surface area (Å²) in [4.78, 5) is 3.27. The molecular formula is C9H6ClF3N2. The van der Waals surface area contributed by atoms with E-state index in [1.165, 1.54) is 0 Å². The Hall–Kier alpha value is -1.28. The van der Waals surface area contributed by atoms with Crippen LogP contribution in [0.25, 0.3) is 0 Å². The lowest BCUT2D eigenvalue weighted by atomic mass is 10.1. The fourth-order valence-corrected chi connectivity index (χ4v) is 1.43. The minimum atomic E-state index is -2.81. The van der Waals surface area contributed by atoms with Crippen LogP contribution in [-0.2, 0) is 12.3 Å². The highest BCUT2D eigenvalue weighted by Gasteiger charge is 2.19. The Morgan fingerprint density at radius 3 is 2.67 bits per heavy atom. The fraction of sp³-hybridized carbons (Fsp3) is 0.333. The molecule has 0 aromatic carbocycles. The topological polar surface area (TPSA) is 36.7 Å². The van der Waals surface area contributed by atoms with Gasteiger partial charge in [0.2, 0.25) is 5.95 Å². The van der Waals surface area contributed by atoms with Gasteiger partial charge in [-0.3, -0.25) is 0 Å². The molecule has 1 aromatic heterocycles. The molecule has 0 aliphatic carbocycles. The van der Waals surface area contributed by atoms with E-state index < -0.39 is 17.9 Å². The standard InChI is InChI=1S/C9H6ClF3N2/c10-4-6-8(9(12)13)5(1-2-14)3-7(11)15-6/h3,9H,1,4H2. The van der Waals surface area contributed by atoms with Gasteiger partial charge in [0.15, 0.2) is 0 Å². The molecule has 15 heavy (non-hydrogen) atoms. The van der Waals surface area contributed by atoms with Crippen molar-refractivity contribution in [1.82, 2.24) is 4.98 Å². The van der Waals surface area contributed by atoms with Crippen molar-refractivity contribution in [2.75, 3.05) is 0 Å². The zero-order valence-corrected chi connectivity index (χ0v) is 8.23. The van der Waals surface area contributed by atoms with Gasteiger partial charge >= 0.3 is 0 Å². The number of hydrogen-bond donors (Lipinski definition) is 0. The molecule has 0 saturated carbocycles. The second kappa shape index (κ2) is 4.99. The summed E-state index contributed by atoms with van der Waals surface area (Å²) in [5, 5.41) is 8.41. The van der Waals surface area contributed by atoms with Crippen LogP contribution in [-0.4, -0.2) is 4.98 Å². The molecule has 0 fully saturated rings. The molecule has 0 aliphatic rings. The molecule has 0 saturated heterocycles. The van der Waals surface area contributed by atoms with Crippen molar-refractivity contribution in [3.05, 3.63) is 28.8 Å². The van der Waals surface area contributed by atoms with Crippen LogP contribution < -0.4 is 0 Å². The summed E-state index contributed by atoms with van der Waals surface area (Å²) in [5.74, 6) is -1.21. The summed E-state index contributed by atoms with van der Waals surface area (Å²) < 4.78 is 38.1. The van der Waals surface area contributed by atoms with Crippen molar-refractivity contribution < 1.29 is 13.2 Å². The molecule has 0 spiro atoms. The first kappa shape index (κ1) is 11.8. The second-order valence-corrected chi connectivity index (χ2v) is 3.00. The molecule has 0 amide bonds. The molecule has 0 N–H and O–H groups in total. The summed E-state index contributed by atoms with van der Waals surface area (Å²) in [6, 6.07) is 2.52. The number of halogens is 4. The van der Waals surface area contributed by atoms with E-state index in [0.29, 0.717) is 0 Å². The van der Waals surface area contributed by atoms with E-state index in [4.69, 9.17) is 16.9 Å². The summed E-state index contributed by atoms with van der Waals surface area (Å²) in [6.07, 6.45) is -3.10. The molecule has 1 heterocycles.